The van der Waals surface area contributed by atoms with E-state index in [-0.39, 0.29) is 10.6 Å². The largest absolute Gasteiger partial charge is 0.314 e. The number of nitrogens with one attached hydrogen (secondary N) is 1. The smallest absolute Gasteiger partial charge is 0.283 e. The van der Waals surface area contributed by atoms with Gasteiger partial charge in [0, 0.05) is 51.9 Å². The second kappa shape index (κ2) is 7.84. The summed E-state index contributed by atoms with van der Waals surface area (Å²) in [7, 11) is 2.05. The molecule has 0 unspecified atom stereocenters. The van der Waals surface area contributed by atoms with Crippen molar-refractivity contribution in [2.24, 2.45) is 0 Å². The third-order valence-electron chi connectivity index (χ3n) is 3.70. The molecule has 0 amide bonds. The number of hydrogen-bond donors (Lipinski definition) is 1. The van der Waals surface area contributed by atoms with Crippen molar-refractivity contribution < 1.29 is 4.92 Å². The summed E-state index contributed by atoms with van der Waals surface area (Å²) in [6.45, 7) is 6.98. The van der Waals surface area contributed by atoms with Crippen molar-refractivity contribution in [3.05, 3.63) is 38.3 Å². The number of benzene rings is 1. The van der Waals surface area contributed by atoms with Crippen molar-refractivity contribution >= 4 is 21.6 Å². The average molecular weight is 357 g/mol. The van der Waals surface area contributed by atoms with Crippen LogP contribution in [-0.2, 0) is 6.54 Å². The van der Waals surface area contributed by atoms with Crippen molar-refractivity contribution in [2.75, 3.05) is 46.3 Å². The van der Waals surface area contributed by atoms with E-state index < -0.39 is 0 Å². The highest BCUT2D eigenvalue weighted by molar-refractivity contribution is 9.10. The number of piperazine rings is 1. The van der Waals surface area contributed by atoms with Gasteiger partial charge in [0.15, 0.2) is 0 Å². The summed E-state index contributed by atoms with van der Waals surface area (Å²) in [5.74, 6) is 0. The van der Waals surface area contributed by atoms with Crippen LogP contribution in [0, 0.1) is 10.1 Å². The average Bonchev–Trinajstić information content (AvgIpc) is 2.48. The van der Waals surface area contributed by atoms with Crippen LogP contribution in [0.25, 0.3) is 0 Å². The number of likely N-dealkylation sites (N-methyl/N-ethyl adjacent to an activating group) is 1. The molecule has 0 bridgehead atoms. The highest BCUT2D eigenvalue weighted by atomic mass is 79.9. The second-order valence-corrected chi connectivity index (χ2v) is 6.13. The summed E-state index contributed by atoms with van der Waals surface area (Å²) in [5, 5.41) is 14.3. The Balaban J connectivity index is 1.88. The molecule has 1 saturated heterocycles. The van der Waals surface area contributed by atoms with Crippen LogP contribution in [0.1, 0.15) is 5.56 Å². The van der Waals surface area contributed by atoms with Crippen LogP contribution in [0.2, 0.25) is 0 Å². The Kier molecular flexibility index (Phi) is 6.10. The number of halogens is 1. The third kappa shape index (κ3) is 4.74. The second-order valence-electron chi connectivity index (χ2n) is 5.34. The number of nitrogens with zero attached hydrogens (tertiary/aromatic N) is 3. The zero-order chi connectivity index (χ0) is 15.2. The fourth-order valence-electron chi connectivity index (χ4n) is 2.45. The summed E-state index contributed by atoms with van der Waals surface area (Å²) in [5.41, 5.74) is 1.08. The highest BCUT2D eigenvalue weighted by Crippen LogP contribution is 2.28. The Bertz CT molecular complexity index is 492. The summed E-state index contributed by atoms with van der Waals surface area (Å²) in [4.78, 5) is 15.2. The molecule has 1 aromatic carbocycles. The molecule has 6 nitrogen and oxygen atoms in total. The predicted octanol–water partition coefficient (Wildman–Crippen LogP) is 1.69. The zero-order valence-corrected chi connectivity index (χ0v) is 13.8. The van der Waals surface area contributed by atoms with Gasteiger partial charge in [0.2, 0.25) is 0 Å². The van der Waals surface area contributed by atoms with Crippen molar-refractivity contribution in [3.8, 4) is 0 Å². The number of nitro groups is 1. The molecule has 0 aliphatic carbocycles. The van der Waals surface area contributed by atoms with Gasteiger partial charge >= 0.3 is 0 Å². The van der Waals surface area contributed by atoms with E-state index in [9.17, 15) is 10.1 Å². The first-order chi connectivity index (χ1) is 10.1. The molecule has 7 heteroatoms. The van der Waals surface area contributed by atoms with Crippen molar-refractivity contribution in [1.29, 1.82) is 0 Å². The minimum atomic E-state index is -0.353. The van der Waals surface area contributed by atoms with E-state index in [1.54, 1.807) is 6.07 Å². The van der Waals surface area contributed by atoms with Crippen LogP contribution in [0.4, 0.5) is 5.69 Å². The maximum atomic E-state index is 10.9. The minimum Gasteiger partial charge on any atom is -0.314 e. The lowest BCUT2D eigenvalue weighted by atomic mass is 10.2. The fourth-order valence-corrected chi connectivity index (χ4v) is 2.98. The number of nitro benzene ring substituents is 1. The SMILES string of the molecule is CN(CCN1CCNCC1)Cc1cccc([N+](=O)[O-])c1Br. The molecular weight excluding hydrogens is 336 g/mol. The van der Waals surface area contributed by atoms with Crippen LogP contribution in [0.15, 0.2) is 22.7 Å². The first-order valence-corrected chi connectivity index (χ1v) is 7.90. The minimum absolute atomic E-state index is 0.128. The molecule has 1 fully saturated rings. The molecule has 2 rings (SSSR count). The van der Waals surface area contributed by atoms with E-state index in [0.717, 1.165) is 44.8 Å². The van der Waals surface area contributed by atoms with Gasteiger partial charge in [0.1, 0.15) is 0 Å². The maximum absolute atomic E-state index is 10.9. The molecule has 1 heterocycles. The van der Waals surface area contributed by atoms with Crippen LogP contribution >= 0.6 is 15.9 Å². The Morgan fingerprint density at radius 2 is 2.14 bits per heavy atom. The number of hydrogen-bond acceptors (Lipinski definition) is 5. The molecule has 0 aromatic heterocycles. The van der Waals surface area contributed by atoms with Gasteiger partial charge in [-0.05, 0) is 28.5 Å². The van der Waals surface area contributed by atoms with E-state index in [0.29, 0.717) is 11.0 Å². The highest BCUT2D eigenvalue weighted by Gasteiger charge is 2.16. The molecule has 1 aliphatic heterocycles. The van der Waals surface area contributed by atoms with Gasteiger partial charge in [0.25, 0.3) is 5.69 Å². The molecule has 116 valence electrons. The topological polar surface area (TPSA) is 61.6 Å². The Hall–Kier alpha value is -1.02. The van der Waals surface area contributed by atoms with Gasteiger partial charge in [-0.15, -0.1) is 0 Å². The van der Waals surface area contributed by atoms with Crippen LogP contribution < -0.4 is 5.32 Å². The Morgan fingerprint density at radius 1 is 1.43 bits per heavy atom. The summed E-state index contributed by atoms with van der Waals surface area (Å²) >= 11 is 3.35. The quantitative estimate of drug-likeness (QED) is 0.620. The third-order valence-corrected chi connectivity index (χ3v) is 4.62. The van der Waals surface area contributed by atoms with Crippen molar-refractivity contribution in [1.82, 2.24) is 15.1 Å². The molecule has 0 atom stereocenters. The molecule has 1 aromatic rings. The summed E-state index contributed by atoms with van der Waals surface area (Å²) in [6.07, 6.45) is 0. The van der Waals surface area contributed by atoms with Crippen molar-refractivity contribution in [2.45, 2.75) is 6.54 Å². The Morgan fingerprint density at radius 3 is 2.81 bits per heavy atom. The normalized spacial score (nSPS) is 16.3. The van der Waals surface area contributed by atoms with E-state index in [4.69, 9.17) is 0 Å². The first kappa shape index (κ1) is 16.4. The van der Waals surface area contributed by atoms with Gasteiger partial charge in [-0.25, -0.2) is 0 Å². The fraction of sp³-hybridized carbons (Fsp3) is 0.571. The molecule has 0 radical (unpaired) electrons. The van der Waals surface area contributed by atoms with E-state index >= 15 is 0 Å². The molecule has 1 N–H and O–H groups in total. The lowest BCUT2D eigenvalue weighted by molar-refractivity contribution is -0.385. The molecule has 21 heavy (non-hydrogen) atoms. The lowest BCUT2D eigenvalue weighted by Crippen LogP contribution is -2.45. The molecule has 1 aliphatic rings. The van der Waals surface area contributed by atoms with Crippen LogP contribution in [-0.4, -0.2) is 61.0 Å². The van der Waals surface area contributed by atoms with Gasteiger partial charge < -0.3 is 10.2 Å². The van der Waals surface area contributed by atoms with E-state index in [2.05, 4.69) is 31.0 Å². The van der Waals surface area contributed by atoms with Gasteiger partial charge in [0.05, 0.1) is 9.40 Å². The summed E-state index contributed by atoms with van der Waals surface area (Å²) < 4.78 is 0.587. The van der Waals surface area contributed by atoms with Gasteiger partial charge in [-0.1, -0.05) is 12.1 Å². The Labute approximate surface area is 133 Å². The summed E-state index contributed by atoms with van der Waals surface area (Å²) in [6, 6.07) is 5.19. The standard InChI is InChI=1S/C14H21BrN4O2/c1-17(9-10-18-7-5-16-6-8-18)11-12-3-2-4-13(14(12)15)19(20)21/h2-4,16H,5-11H2,1H3. The van der Waals surface area contributed by atoms with E-state index in [1.807, 2.05) is 13.1 Å². The van der Waals surface area contributed by atoms with Crippen molar-refractivity contribution in [3.63, 3.8) is 0 Å². The van der Waals surface area contributed by atoms with Crippen LogP contribution in [0.3, 0.4) is 0 Å². The molecule has 0 spiro atoms. The number of rotatable bonds is 6. The van der Waals surface area contributed by atoms with Gasteiger partial charge in [-0.2, -0.15) is 0 Å². The predicted molar refractivity (Wildman–Crippen MR) is 86.4 cm³/mol. The molecular formula is C14H21BrN4O2. The molecule has 0 saturated carbocycles. The van der Waals surface area contributed by atoms with Crippen LogP contribution in [0.5, 0.6) is 0 Å². The van der Waals surface area contributed by atoms with E-state index in [1.165, 1.54) is 6.07 Å². The van der Waals surface area contributed by atoms with Gasteiger partial charge in [-0.3, -0.25) is 15.0 Å². The monoisotopic (exact) mass is 356 g/mol. The maximum Gasteiger partial charge on any atom is 0.283 e. The first-order valence-electron chi connectivity index (χ1n) is 7.11. The zero-order valence-electron chi connectivity index (χ0n) is 12.2. The lowest BCUT2D eigenvalue weighted by Gasteiger charge is -2.29.